The lowest BCUT2D eigenvalue weighted by molar-refractivity contribution is -0.128. The standard InChI is InChI=1S/C13H17F2NO2S/c1-16(2)13(17)4-3-7-19(18)9-10-5-6-11(14)12(15)8-10/h5-6,8H,3-4,7,9H2,1-2H3/t19-/m1/s1. The topological polar surface area (TPSA) is 37.4 Å². The Bertz CT molecular complexity index is 478. The van der Waals surface area contributed by atoms with E-state index in [1.54, 1.807) is 14.1 Å². The van der Waals surface area contributed by atoms with Gasteiger partial charge in [-0.15, -0.1) is 0 Å². The average molecular weight is 289 g/mol. The Hall–Kier alpha value is -1.30. The summed E-state index contributed by atoms with van der Waals surface area (Å²) in [5.74, 6) is -1.31. The molecule has 0 N–H and O–H groups in total. The molecule has 0 radical (unpaired) electrons. The number of hydrogen-bond donors (Lipinski definition) is 0. The number of carbonyl (C=O) groups is 1. The monoisotopic (exact) mass is 289 g/mol. The van der Waals surface area contributed by atoms with Gasteiger partial charge in [-0.05, 0) is 24.1 Å². The highest BCUT2D eigenvalue weighted by Gasteiger charge is 2.08. The molecule has 1 aromatic rings. The number of hydrogen-bond acceptors (Lipinski definition) is 2. The fourth-order valence-corrected chi connectivity index (χ4v) is 2.66. The summed E-state index contributed by atoms with van der Waals surface area (Å²) >= 11 is 0. The van der Waals surface area contributed by atoms with Gasteiger partial charge >= 0.3 is 0 Å². The molecule has 1 aromatic carbocycles. The highest BCUT2D eigenvalue weighted by Crippen LogP contribution is 2.11. The molecule has 6 heteroatoms. The van der Waals surface area contributed by atoms with Crippen molar-refractivity contribution in [3.05, 3.63) is 35.4 Å². The van der Waals surface area contributed by atoms with E-state index in [4.69, 9.17) is 0 Å². The highest BCUT2D eigenvalue weighted by molar-refractivity contribution is 7.84. The van der Waals surface area contributed by atoms with Crippen LogP contribution in [0.1, 0.15) is 18.4 Å². The molecule has 0 saturated heterocycles. The van der Waals surface area contributed by atoms with E-state index in [9.17, 15) is 17.8 Å². The molecule has 0 aliphatic carbocycles. The molecule has 0 aromatic heterocycles. The van der Waals surface area contributed by atoms with Gasteiger partial charge in [0.15, 0.2) is 11.6 Å². The highest BCUT2D eigenvalue weighted by atomic mass is 32.2. The molecule has 1 amide bonds. The Morgan fingerprint density at radius 2 is 1.95 bits per heavy atom. The zero-order chi connectivity index (χ0) is 14.4. The summed E-state index contributed by atoms with van der Waals surface area (Å²) in [6.07, 6.45) is 0.865. The zero-order valence-corrected chi connectivity index (χ0v) is 11.8. The number of nitrogens with zero attached hydrogens (tertiary/aromatic N) is 1. The van der Waals surface area contributed by atoms with Crippen molar-refractivity contribution in [1.82, 2.24) is 4.90 Å². The first kappa shape index (κ1) is 15.8. The molecule has 0 spiro atoms. The van der Waals surface area contributed by atoms with Gasteiger partial charge in [-0.25, -0.2) is 8.78 Å². The van der Waals surface area contributed by atoms with Gasteiger partial charge in [0.1, 0.15) is 0 Å². The minimum atomic E-state index is -1.18. The molecule has 1 atom stereocenters. The lowest BCUT2D eigenvalue weighted by Crippen LogP contribution is -2.21. The Balaban J connectivity index is 2.39. The summed E-state index contributed by atoms with van der Waals surface area (Å²) in [6.45, 7) is 0. The van der Waals surface area contributed by atoms with E-state index >= 15 is 0 Å². The predicted octanol–water partition coefficient (Wildman–Crippen LogP) is 2.08. The van der Waals surface area contributed by atoms with E-state index in [-0.39, 0.29) is 11.7 Å². The first-order valence-corrected chi connectivity index (χ1v) is 7.38. The molecule has 106 valence electrons. The first-order valence-electron chi connectivity index (χ1n) is 5.89. The van der Waals surface area contributed by atoms with Crippen LogP contribution in [0.3, 0.4) is 0 Å². The minimum Gasteiger partial charge on any atom is -0.349 e. The number of amides is 1. The van der Waals surface area contributed by atoms with Crippen LogP contribution in [0.4, 0.5) is 8.78 Å². The van der Waals surface area contributed by atoms with Crippen LogP contribution in [0.2, 0.25) is 0 Å². The van der Waals surface area contributed by atoms with Gasteiger partial charge in [0.25, 0.3) is 0 Å². The van der Waals surface area contributed by atoms with Gasteiger partial charge in [0.05, 0.1) is 0 Å². The molecule has 19 heavy (non-hydrogen) atoms. The van der Waals surface area contributed by atoms with E-state index in [1.807, 2.05) is 0 Å². The number of halogens is 2. The molecule has 0 aliphatic rings. The molecule has 0 saturated carbocycles. The maximum Gasteiger partial charge on any atom is 0.222 e. The molecule has 1 rings (SSSR count). The Morgan fingerprint density at radius 1 is 1.26 bits per heavy atom. The summed E-state index contributed by atoms with van der Waals surface area (Å²) in [5, 5.41) is 0. The number of benzene rings is 1. The van der Waals surface area contributed by atoms with E-state index < -0.39 is 22.4 Å². The van der Waals surface area contributed by atoms with Crippen molar-refractivity contribution in [3.63, 3.8) is 0 Å². The molecule has 0 fully saturated rings. The zero-order valence-electron chi connectivity index (χ0n) is 11.0. The Labute approximate surface area is 114 Å². The fraction of sp³-hybridized carbons (Fsp3) is 0.462. The van der Waals surface area contributed by atoms with Crippen molar-refractivity contribution >= 4 is 16.7 Å². The molecule has 0 bridgehead atoms. The number of rotatable bonds is 6. The van der Waals surface area contributed by atoms with Crippen molar-refractivity contribution in [3.8, 4) is 0 Å². The summed E-state index contributed by atoms with van der Waals surface area (Å²) < 4.78 is 37.4. The van der Waals surface area contributed by atoms with Crippen LogP contribution in [0.15, 0.2) is 18.2 Å². The smallest absolute Gasteiger partial charge is 0.222 e. The molecule has 0 aliphatic heterocycles. The summed E-state index contributed by atoms with van der Waals surface area (Å²) in [4.78, 5) is 12.8. The van der Waals surface area contributed by atoms with Crippen molar-refractivity contribution in [1.29, 1.82) is 0 Å². The van der Waals surface area contributed by atoms with Crippen molar-refractivity contribution in [2.75, 3.05) is 19.8 Å². The van der Waals surface area contributed by atoms with Gasteiger partial charge < -0.3 is 4.90 Å². The summed E-state index contributed by atoms with van der Waals surface area (Å²) in [5.41, 5.74) is 0.496. The van der Waals surface area contributed by atoms with Gasteiger partial charge in [0.2, 0.25) is 5.91 Å². The maximum absolute atomic E-state index is 13.0. The largest absolute Gasteiger partial charge is 0.349 e. The second-order valence-electron chi connectivity index (χ2n) is 4.43. The Morgan fingerprint density at radius 3 is 2.53 bits per heavy atom. The maximum atomic E-state index is 13.0. The Kier molecular flexibility index (Phi) is 6.08. The van der Waals surface area contributed by atoms with Crippen LogP contribution in [0, 0.1) is 11.6 Å². The molecule has 0 heterocycles. The summed E-state index contributed by atoms with van der Waals surface area (Å²) in [6, 6.07) is 3.50. The van der Waals surface area contributed by atoms with Gasteiger partial charge in [0, 0.05) is 42.8 Å². The van der Waals surface area contributed by atoms with Crippen molar-refractivity contribution in [2.24, 2.45) is 0 Å². The van der Waals surface area contributed by atoms with E-state index in [1.165, 1.54) is 11.0 Å². The van der Waals surface area contributed by atoms with Crippen LogP contribution in [0.5, 0.6) is 0 Å². The van der Waals surface area contributed by atoms with Gasteiger partial charge in [-0.1, -0.05) is 6.07 Å². The second-order valence-corrected chi connectivity index (χ2v) is 6.01. The van der Waals surface area contributed by atoms with Crippen molar-refractivity contribution in [2.45, 2.75) is 18.6 Å². The lowest BCUT2D eigenvalue weighted by Gasteiger charge is -2.09. The van der Waals surface area contributed by atoms with Gasteiger partial charge in [-0.3, -0.25) is 9.00 Å². The molecular formula is C13H17F2NO2S. The third kappa shape index (κ3) is 5.46. The predicted molar refractivity (Wildman–Crippen MR) is 71.0 cm³/mol. The van der Waals surface area contributed by atoms with E-state index in [0.717, 1.165) is 12.1 Å². The fourth-order valence-electron chi connectivity index (χ4n) is 1.50. The molecule has 0 unspecified atom stereocenters. The van der Waals surface area contributed by atoms with Crippen LogP contribution in [-0.2, 0) is 21.3 Å². The third-order valence-electron chi connectivity index (χ3n) is 2.57. The van der Waals surface area contributed by atoms with E-state index in [2.05, 4.69) is 0 Å². The van der Waals surface area contributed by atoms with Crippen LogP contribution >= 0.6 is 0 Å². The number of carbonyl (C=O) groups excluding carboxylic acids is 1. The second kappa shape index (κ2) is 7.33. The first-order chi connectivity index (χ1) is 8.90. The summed E-state index contributed by atoms with van der Waals surface area (Å²) in [7, 11) is 2.16. The van der Waals surface area contributed by atoms with E-state index in [0.29, 0.717) is 24.2 Å². The van der Waals surface area contributed by atoms with Crippen LogP contribution in [-0.4, -0.2) is 34.9 Å². The average Bonchev–Trinajstić information content (AvgIpc) is 2.33. The van der Waals surface area contributed by atoms with Crippen LogP contribution in [0.25, 0.3) is 0 Å². The molecule has 3 nitrogen and oxygen atoms in total. The van der Waals surface area contributed by atoms with Gasteiger partial charge in [-0.2, -0.15) is 0 Å². The lowest BCUT2D eigenvalue weighted by atomic mass is 10.2. The SMILES string of the molecule is CN(C)C(=O)CCC[S@@](=O)Cc1ccc(F)c(F)c1. The molecular weight excluding hydrogens is 272 g/mol. The minimum absolute atomic E-state index is 0.00942. The third-order valence-corrected chi connectivity index (χ3v) is 3.97. The van der Waals surface area contributed by atoms with Crippen molar-refractivity contribution < 1.29 is 17.8 Å². The quantitative estimate of drug-likeness (QED) is 0.804. The normalized spacial score (nSPS) is 12.2. The van der Waals surface area contributed by atoms with Crippen LogP contribution < -0.4 is 0 Å².